The summed E-state index contributed by atoms with van der Waals surface area (Å²) in [7, 11) is 2.14. The van der Waals surface area contributed by atoms with Crippen molar-refractivity contribution in [1.29, 1.82) is 0 Å². The summed E-state index contributed by atoms with van der Waals surface area (Å²) in [6.45, 7) is 2.13. The van der Waals surface area contributed by atoms with E-state index >= 15 is 0 Å². The van der Waals surface area contributed by atoms with E-state index in [4.69, 9.17) is 0 Å². The van der Waals surface area contributed by atoms with Gasteiger partial charge in [0, 0.05) is 18.3 Å². The van der Waals surface area contributed by atoms with E-state index in [1.165, 1.54) is 22.4 Å². The summed E-state index contributed by atoms with van der Waals surface area (Å²) in [6.07, 6.45) is 2.34. The Labute approximate surface area is 165 Å². The Kier molecular flexibility index (Phi) is 3.79. The van der Waals surface area contributed by atoms with E-state index in [-0.39, 0.29) is 6.04 Å². The van der Waals surface area contributed by atoms with Gasteiger partial charge in [-0.3, -0.25) is 0 Å². The number of rotatable bonds is 2. The topological polar surface area (TPSA) is 31.2 Å². The van der Waals surface area contributed by atoms with Crippen molar-refractivity contribution in [3.8, 4) is 0 Å². The number of likely N-dealkylation sites (N-methyl/N-ethyl adjacent to an activating group) is 1. The zero-order valence-electron chi connectivity index (χ0n) is 16.0. The smallest absolute Gasteiger partial charge is 0.180 e. The van der Waals surface area contributed by atoms with E-state index in [0.717, 1.165) is 5.69 Å². The van der Waals surface area contributed by atoms with Gasteiger partial charge in [0.05, 0.1) is 5.69 Å². The molecule has 0 aromatic heterocycles. The molecule has 28 heavy (non-hydrogen) atoms. The van der Waals surface area contributed by atoms with Crippen LogP contribution in [0.3, 0.4) is 0 Å². The molecule has 3 aromatic rings. The lowest BCUT2D eigenvalue weighted by Gasteiger charge is -2.48. The SMILES string of the molecule is C[C@H]1N=NN(c2ccccc2)[C@]12C=C(c1ccccc1)c1ccccc1N2C. The van der Waals surface area contributed by atoms with Crippen LogP contribution in [0.1, 0.15) is 18.1 Å². The number of anilines is 2. The predicted octanol–water partition coefficient (Wildman–Crippen LogP) is 5.54. The van der Waals surface area contributed by atoms with Gasteiger partial charge in [0.25, 0.3) is 0 Å². The fourth-order valence-electron chi connectivity index (χ4n) is 4.32. The van der Waals surface area contributed by atoms with Gasteiger partial charge in [-0.05, 0) is 42.3 Å². The van der Waals surface area contributed by atoms with Crippen LogP contribution in [0.25, 0.3) is 5.57 Å². The molecule has 1 spiro atoms. The Morgan fingerprint density at radius 3 is 2.21 bits per heavy atom. The first-order valence-electron chi connectivity index (χ1n) is 9.59. The molecule has 2 aliphatic heterocycles. The minimum absolute atomic E-state index is 0.0234. The van der Waals surface area contributed by atoms with Gasteiger partial charge in [-0.1, -0.05) is 72.0 Å². The lowest BCUT2D eigenvalue weighted by Crippen LogP contribution is -2.61. The van der Waals surface area contributed by atoms with Crippen LogP contribution in [-0.4, -0.2) is 18.8 Å². The van der Waals surface area contributed by atoms with E-state index < -0.39 is 5.66 Å². The zero-order chi connectivity index (χ0) is 19.1. The molecular formula is C24H22N4. The van der Waals surface area contributed by atoms with Crippen molar-refractivity contribution >= 4 is 16.9 Å². The Bertz CT molecular complexity index is 1060. The molecule has 2 aliphatic rings. The van der Waals surface area contributed by atoms with Crippen molar-refractivity contribution in [2.75, 3.05) is 17.0 Å². The summed E-state index contributed by atoms with van der Waals surface area (Å²) in [5.41, 5.74) is 5.37. The average Bonchev–Trinajstić information content (AvgIpc) is 3.09. The van der Waals surface area contributed by atoms with Crippen LogP contribution in [0.15, 0.2) is 101 Å². The van der Waals surface area contributed by atoms with Crippen molar-refractivity contribution in [2.24, 2.45) is 10.3 Å². The molecule has 4 nitrogen and oxygen atoms in total. The number of hydrogen-bond acceptors (Lipinski definition) is 4. The number of hydrogen-bond donors (Lipinski definition) is 0. The van der Waals surface area contributed by atoms with Gasteiger partial charge in [0.15, 0.2) is 5.66 Å². The quantitative estimate of drug-likeness (QED) is 0.596. The first-order chi connectivity index (χ1) is 13.7. The molecule has 0 amide bonds. The molecule has 0 saturated heterocycles. The van der Waals surface area contributed by atoms with Crippen molar-refractivity contribution < 1.29 is 0 Å². The van der Waals surface area contributed by atoms with Crippen molar-refractivity contribution in [3.05, 3.63) is 102 Å². The normalized spacial score (nSPS) is 23.1. The van der Waals surface area contributed by atoms with E-state index in [1.54, 1.807) is 0 Å². The largest absolute Gasteiger partial charge is 0.345 e. The first-order valence-corrected chi connectivity index (χ1v) is 9.59. The lowest BCUT2D eigenvalue weighted by atomic mass is 9.84. The van der Waals surface area contributed by atoms with Crippen LogP contribution in [0.5, 0.6) is 0 Å². The van der Waals surface area contributed by atoms with Crippen LogP contribution in [0, 0.1) is 0 Å². The van der Waals surface area contributed by atoms with Gasteiger partial charge in [0.1, 0.15) is 6.04 Å². The van der Waals surface area contributed by atoms with Crippen LogP contribution in [0.4, 0.5) is 11.4 Å². The van der Waals surface area contributed by atoms with Gasteiger partial charge in [-0.2, -0.15) is 5.11 Å². The van der Waals surface area contributed by atoms with Crippen molar-refractivity contribution in [1.82, 2.24) is 0 Å². The molecule has 0 radical (unpaired) electrons. The Balaban J connectivity index is 1.77. The molecule has 138 valence electrons. The molecule has 0 unspecified atom stereocenters. The monoisotopic (exact) mass is 366 g/mol. The summed E-state index contributed by atoms with van der Waals surface area (Å²) in [4.78, 5) is 2.31. The maximum atomic E-state index is 4.59. The van der Waals surface area contributed by atoms with Crippen LogP contribution in [-0.2, 0) is 0 Å². The Morgan fingerprint density at radius 1 is 0.821 bits per heavy atom. The van der Waals surface area contributed by atoms with Crippen molar-refractivity contribution in [3.63, 3.8) is 0 Å². The van der Waals surface area contributed by atoms with Crippen molar-refractivity contribution in [2.45, 2.75) is 18.6 Å². The van der Waals surface area contributed by atoms with Crippen LogP contribution in [0.2, 0.25) is 0 Å². The highest BCUT2D eigenvalue weighted by Gasteiger charge is 2.51. The van der Waals surface area contributed by atoms with Gasteiger partial charge < -0.3 is 4.90 Å². The molecule has 0 bridgehead atoms. The molecule has 2 heterocycles. The van der Waals surface area contributed by atoms with E-state index in [1.807, 2.05) is 18.2 Å². The third-order valence-electron chi connectivity index (χ3n) is 5.80. The Hall–Kier alpha value is -3.40. The van der Waals surface area contributed by atoms with Gasteiger partial charge in [-0.15, -0.1) is 0 Å². The number of fused-ring (bicyclic) bond motifs is 1. The van der Waals surface area contributed by atoms with E-state index in [9.17, 15) is 0 Å². The third kappa shape index (κ3) is 2.31. The molecule has 0 aliphatic carbocycles. The number of para-hydroxylation sites is 2. The van der Waals surface area contributed by atoms with Gasteiger partial charge in [0.2, 0.25) is 0 Å². The third-order valence-corrected chi connectivity index (χ3v) is 5.80. The lowest BCUT2D eigenvalue weighted by molar-refractivity contribution is 0.452. The fraction of sp³-hybridized carbons (Fsp3) is 0.167. The molecule has 0 saturated carbocycles. The molecule has 5 rings (SSSR count). The van der Waals surface area contributed by atoms with Crippen LogP contribution < -0.4 is 9.91 Å². The second-order valence-electron chi connectivity index (χ2n) is 7.31. The summed E-state index contributed by atoms with van der Waals surface area (Å²) in [6, 6.07) is 29.4. The molecule has 4 heteroatoms. The molecule has 2 atom stereocenters. The minimum Gasteiger partial charge on any atom is -0.345 e. The fourth-order valence-corrected chi connectivity index (χ4v) is 4.32. The second-order valence-corrected chi connectivity index (χ2v) is 7.31. The minimum atomic E-state index is -0.499. The molecule has 0 fully saturated rings. The first kappa shape index (κ1) is 16.8. The number of benzene rings is 3. The molecular weight excluding hydrogens is 344 g/mol. The highest BCUT2D eigenvalue weighted by molar-refractivity contribution is 5.91. The molecule has 0 N–H and O–H groups in total. The summed E-state index contributed by atoms with van der Waals surface area (Å²) in [5, 5.41) is 11.2. The summed E-state index contributed by atoms with van der Waals surface area (Å²) in [5.74, 6) is 0. The van der Waals surface area contributed by atoms with E-state index in [2.05, 4.69) is 107 Å². The summed E-state index contributed by atoms with van der Waals surface area (Å²) < 4.78 is 0. The Morgan fingerprint density at radius 2 is 1.46 bits per heavy atom. The highest BCUT2D eigenvalue weighted by atomic mass is 15.7. The summed E-state index contributed by atoms with van der Waals surface area (Å²) >= 11 is 0. The second kappa shape index (κ2) is 6.34. The maximum absolute atomic E-state index is 4.59. The zero-order valence-corrected chi connectivity index (χ0v) is 16.0. The van der Waals surface area contributed by atoms with E-state index in [0.29, 0.717) is 0 Å². The maximum Gasteiger partial charge on any atom is 0.180 e. The van der Waals surface area contributed by atoms with Crippen LogP contribution >= 0.6 is 0 Å². The van der Waals surface area contributed by atoms with Gasteiger partial charge >= 0.3 is 0 Å². The predicted molar refractivity (Wildman–Crippen MR) is 114 cm³/mol. The highest BCUT2D eigenvalue weighted by Crippen LogP contribution is 2.47. The molecule has 3 aromatic carbocycles. The average molecular weight is 366 g/mol. The number of nitrogens with zero attached hydrogens (tertiary/aromatic N) is 4. The standard InChI is InChI=1S/C24H22N4/c1-18-24(28(26-25-18)20-13-7-4-8-14-20)17-22(19-11-5-3-6-12-19)21-15-9-10-16-23(21)27(24)2/h3-18H,1-2H3/t18-,24-/m1/s1. The van der Waals surface area contributed by atoms with Gasteiger partial charge in [-0.25, -0.2) is 5.01 Å².